The van der Waals surface area contributed by atoms with Crippen LogP contribution in [0.25, 0.3) is 10.9 Å². The Labute approximate surface area is 189 Å². The van der Waals surface area contributed by atoms with Crippen LogP contribution in [-0.2, 0) is 4.79 Å². The molecule has 2 unspecified atom stereocenters. The maximum absolute atomic E-state index is 12.4. The first kappa shape index (κ1) is 20.5. The summed E-state index contributed by atoms with van der Waals surface area (Å²) in [5.74, 6) is -0.276. The van der Waals surface area contributed by atoms with E-state index in [2.05, 4.69) is 9.47 Å². The Balaban J connectivity index is 1.30. The first-order valence-electron chi connectivity index (χ1n) is 12.7. The highest BCUT2D eigenvalue weighted by Crippen LogP contribution is 2.48. The Bertz CT molecular complexity index is 1020. The van der Waals surface area contributed by atoms with Crippen LogP contribution in [0, 0.1) is 11.8 Å². The van der Waals surface area contributed by atoms with Crippen LogP contribution in [0.4, 0.5) is 0 Å². The number of ketones is 1. The number of rotatable bonds is 4. The van der Waals surface area contributed by atoms with Gasteiger partial charge in [0.15, 0.2) is 0 Å². The molecule has 5 heteroatoms. The lowest BCUT2D eigenvalue weighted by Gasteiger charge is -2.55. The lowest BCUT2D eigenvalue weighted by atomic mass is 9.68. The van der Waals surface area contributed by atoms with Gasteiger partial charge < -0.3 is 9.67 Å². The summed E-state index contributed by atoms with van der Waals surface area (Å²) < 4.78 is 2.24. The first-order valence-corrected chi connectivity index (χ1v) is 12.7. The molecule has 170 valence electrons. The van der Waals surface area contributed by atoms with Crippen molar-refractivity contribution in [1.82, 2.24) is 9.47 Å². The summed E-state index contributed by atoms with van der Waals surface area (Å²) in [5.41, 5.74) is 1.33. The van der Waals surface area contributed by atoms with E-state index in [-0.39, 0.29) is 0 Å². The molecule has 2 aliphatic carbocycles. The summed E-state index contributed by atoms with van der Waals surface area (Å²) in [6.45, 7) is 0. The molecule has 2 aromatic rings. The van der Waals surface area contributed by atoms with Crippen molar-refractivity contribution in [3.8, 4) is 0 Å². The van der Waals surface area contributed by atoms with Gasteiger partial charge in [-0.05, 0) is 62.8 Å². The molecule has 2 aliphatic heterocycles. The molecule has 0 amide bonds. The van der Waals surface area contributed by atoms with Gasteiger partial charge in [0.2, 0.25) is 0 Å². The number of carbonyl (C=O) groups is 2. The number of fused-ring (bicyclic) bond motifs is 5. The minimum atomic E-state index is -1.37. The number of carboxylic acid groups (broad SMARTS) is 1. The molecule has 0 spiro atoms. The number of carbonyl (C=O) groups excluding carboxylic acids is 1. The highest BCUT2D eigenvalue weighted by Gasteiger charge is 2.45. The molecular formula is C27H34N2O3. The van der Waals surface area contributed by atoms with Crippen LogP contribution in [0.1, 0.15) is 87.0 Å². The van der Waals surface area contributed by atoms with Gasteiger partial charge in [-0.15, -0.1) is 0 Å². The normalized spacial score (nSPS) is 35.0. The molecular weight excluding hydrogens is 400 g/mol. The average molecular weight is 435 g/mol. The molecule has 1 aromatic carbocycles. The smallest absolute Gasteiger partial charge is 0.377 e. The fraction of sp³-hybridized carbons (Fsp3) is 0.630. The standard InChI is InChI=1S/C27H34N2O3/c30-26(27(31)32)24-16-28(25-10-2-1-9-23(24)25)21-14-19-7-4-8-20(15-21)29(19)22-12-17-5-3-6-18(11-17)13-22/h1-2,9-10,16-22H,3-8,11-15H2,(H,31,32)/t17-,18+,19-,20+,21?,22?. The lowest BCUT2D eigenvalue weighted by Crippen LogP contribution is -2.58. The minimum absolute atomic E-state index is 0.334. The molecule has 4 bridgehead atoms. The number of para-hydroxylation sites is 1. The van der Waals surface area contributed by atoms with E-state index in [0.29, 0.717) is 23.7 Å². The maximum Gasteiger partial charge on any atom is 0.377 e. The summed E-state index contributed by atoms with van der Waals surface area (Å²) in [5, 5.41) is 10.1. The van der Waals surface area contributed by atoms with Gasteiger partial charge in [-0.2, -0.15) is 0 Å². The van der Waals surface area contributed by atoms with Crippen LogP contribution in [0.2, 0.25) is 0 Å². The van der Waals surface area contributed by atoms with E-state index in [4.69, 9.17) is 0 Å². The fourth-order valence-corrected chi connectivity index (χ4v) is 7.95. The van der Waals surface area contributed by atoms with Crippen LogP contribution < -0.4 is 0 Å². The Morgan fingerprint density at radius 1 is 0.781 bits per heavy atom. The van der Waals surface area contributed by atoms with Crippen molar-refractivity contribution in [3.05, 3.63) is 36.0 Å². The Kier molecular flexibility index (Phi) is 5.13. The number of benzene rings is 1. The highest BCUT2D eigenvalue weighted by molar-refractivity contribution is 6.42. The predicted molar refractivity (Wildman–Crippen MR) is 124 cm³/mol. The van der Waals surface area contributed by atoms with Gasteiger partial charge in [0.25, 0.3) is 5.78 Å². The molecule has 3 heterocycles. The van der Waals surface area contributed by atoms with Crippen molar-refractivity contribution in [1.29, 1.82) is 0 Å². The summed E-state index contributed by atoms with van der Waals surface area (Å²) >= 11 is 0. The Hall–Kier alpha value is -2.14. The van der Waals surface area contributed by atoms with E-state index in [1.54, 1.807) is 0 Å². The number of hydrogen-bond acceptors (Lipinski definition) is 3. The van der Waals surface area contributed by atoms with Crippen molar-refractivity contribution in [2.75, 3.05) is 0 Å². The number of piperidine rings is 2. The zero-order valence-electron chi connectivity index (χ0n) is 18.8. The fourth-order valence-electron chi connectivity index (χ4n) is 7.95. The summed E-state index contributed by atoms with van der Waals surface area (Å²) in [7, 11) is 0. The second-order valence-corrected chi connectivity index (χ2v) is 10.9. The van der Waals surface area contributed by atoms with Crippen LogP contribution in [0.15, 0.2) is 30.5 Å². The first-order chi connectivity index (χ1) is 15.6. The summed E-state index contributed by atoms with van der Waals surface area (Å²) in [6.07, 6.45) is 16.5. The summed E-state index contributed by atoms with van der Waals surface area (Å²) in [6, 6.07) is 10.2. The van der Waals surface area contributed by atoms with Gasteiger partial charge in [-0.25, -0.2) is 4.79 Å². The van der Waals surface area contributed by atoms with Crippen LogP contribution in [-0.4, -0.2) is 44.5 Å². The van der Waals surface area contributed by atoms with Crippen molar-refractivity contribution in [2.45, 2.75) is 94.8 Å². The third-order valence-corrected chi connectivity index (χ3v) is 9.10. The second-order valence-electron chi connectivity index (χ2n) is 10.9. The molecule has 0 radical (unpaired) electrons. The van der Waals surface area contributed by atoms with E-state index >= 15 is 0 Å². The van der Waals surface area contributed by atoms with E-state index in [1.807, 2.05) is 30.5 Å². The van der Waals surface area contributed by atoms with E-state index < -0.39 is 11.8 Å². The monoisotopic (exact) mass is 434 g/mol. The topological polar surface area (TPSA) is 62.5 Å². The quantitative estimate of drug-likeness (QED) is 0.514. The SMILES string of the molecule is O=C(O)C(=O)c1cn(C2C[C@H]3CCC[C@@H](C2)N3C2C[C@H]3CCC[C@@H](C2)C3)c2ccccc12. The maximum atomic E-state index is 12.4. The number of aromatic nitrogens is 1. The number of nitrogens with zero attached hydrogens (tertiary/aromatic N) is 2. The molecule has 4 aliphatic rings. The molecule has 1 aromatic heterocycles. The Morgan fingerprint density at radius 3 is 2.12 bits per heavy atom. The highest BCUT2D eigenvalue weighted by atomic mass is 16.4. The molecule has 2 saturated heterocycles. The number of Topliss-reactive ketones (excluding diaryl/α,β-unsaturated/α-hetero) is 1. The predicted octanol–water partition coefficient (Wildman–Crippen LogP) is 5.44. The number of aliphatic carboxylic acids is 1. The van der Waals surface area contributed by atoms with Gasteiger partial charge in [0.05, 0.1) is 5.56 Å². The molecule has 6 rings (SSSR count). The molecule has 2 saturated carbocycles. The van der Waals surface area contributed by atoms with E-state index in [0.717, 1.165) is 41.6 Å². The van der Waals surface area contributed by atoms with E-state index in [9.17, 15) is 14.7 Å². The molecule has 32 heavy (non-hydrogen) atoms. The van der Waals surface area contributed by atoms with Crippen molar-refractivity contribution >= 4 is 22.7 Å². The van der Waals surface area contributed by atoms with Crippen molar-refractivity contribution in [3.63, 3.8) is 0 Å². The molecule has 5 nitrogen and oxygen atoms in total. The minimum Gasteiger partial charge on any atom is -0.475 e. The zero-order valence-corrected chi connectivity index (χ0v) is 18.8. The number of hydrogen-bond donors (Lipinski definition) is 1. The van der Waals surface area contributed by atoms with Crippen LogP contribution in [0.3, 0.4) is 0 Å². The van der Waals surface area contributed by atoms with E-state index in [1.165, 1.54) is 57.8 Å². The van der Waals surface area contributed by atoms with Crippen LogP contribution in [0.5, 0.6) is 0 Å². The van der Waals surface area contributed by atoms with Gasteiger partial charge in [-0.3, -0.25) is 9.69 Å². The molecule has 6 atom stereocenters. The van der Waals surface area contributed by atoms with Gasteiger partial charge in [-0.1, -0.05) is 43.9 Å². The zero-order chi connectivity index (χ0) is 21.8. The third-order valence-electron chi connectivity index (χ3n) is 9.10. The van der Waals surface area contributed by atoms with Crippen molar-refractivity contribution in [2.24, 2.45) is 11.8 Å². The lowest BCUT2D eigenvalue weighted by molar-refractivity contribution is -0.131. The van der Waals surface area contributed by atoms with Gasteiger partial charge in [0, 0.05) is 41.3 Å². The third kappa shape index (κ3) is 3.40. The largest absolute Gasteiger partial charge is 0.475 e. The van der Waals surface area contributed by atoms with Gasteiger partial charge in [0.1, 0.15) is 0 Å². The van der Waals surface area contributed by atoms with Crippen LogP contribution >= 0.6 is 0 Å². The van der Waals surface area contributed by atoms with Crippen molar-refractivity contribution < 1.29 is 14.7 Å². The second kappa shape index (κ2) is 8.02. The summed E-state index contributed by atoms with van der Waals surface area (Å²) in [4.78, 5) is 26.8. The van der Waals surface area contributed by atoms with Gasteiger partial charge >= 0.3 is 5.97 Å². The Morgan fingerprint density at radius 2 is 1.44 bits per heavy atom. The molecule has 4 fully saturated rings. The number of carboxylic acids is 1. The average Bonchev–Trinajstić information content (AvgIpc) is 3.17. The molecule has 1 N–H and O–H groups in total.